The van der Waals surface area contributed by atoms with Crippen LogP contribution in [-0.2, 0) is 4.79 Å². The van der Waals surface area contributed by atoms with E-state index in [0.717, 1.165) is 36.3 Å². The van der Waals surface area contributed by atoms with Crippen molar-refractivity contribution >= 4 is 28.4 Å². The number of carbonyl (C=O) groups excluding carboxylic acids is 1. The summed E-state index contributed by atoms with van der Waals surface area (Å²) < 4.78 is 0. The Morgan fingerprint density at radius 3 is 3.21 bits per heavy atom. The van der Waals surface area contributed by atoms with E-state index in [9.17, 15) is 4.79 Å². The molecule has 2 aromatic heterocycles. The second-order valence-corrected chi connectivity index (χ2v) is 5.03. The summed E-state index contributed by atoms with van der Waals surface area (Å²) in [6, 6.07) is 1.84. The predicted octanol–water partition coefficient (Wildman–Crippen LogP) is 1.25. The summed E-state index contributed by atoms with van der Waals surface area (Å²) in [5, 5.41) is 3.79. The molecule has 0 spiro atoms. The fraction of sp³-hybridized carbons (Fsp3) is 0.385. The topological polar surface area (TPSA) is 71.0 Å². The molecule has 1 fully saturated rings. The summed E-state index contributed by atoms with van der Waals surface area (Å²) >= 11 is 0. The SMILES string of the molecule is Cc1ncc2cc3c(nc2n1)N1CCCC1C(=O)N3. The third-order valence-corrected chi connectivity index (χ3v) is 3.75. The minimum atomic E-state index is -0.0691. The highest BCUT2D eigenvalue weighted by atomic mass is 16.2. The molecule has 1 N–H and O–H groups in total. The number of anilines is 2. The highest BCUT2D eigenvalue weighted by molar-refractivity contribution is 6.04. The summed E-state index contributed by atoms with van der Waals surface area (Å²) in [7, 11) is 0. The van der Waals surface area contributed by atoms with E-state index < -0.39 is 0 Å². The minimum Gasteiger partial charge on any atom is -0.343 e. The first kappa shape index (κ1) is 10.7. The molecule has 96 valence electrons. The number of nitrogens with one attached hydrogen (secondary N) is 1. The molecule has 1 saturated heterocycles. The van der Waals surface area contributed by atoms with Crippen LogP contribution in [0.15, 0.2) is 12.3 Å². The molecule has 6 nitrogen and oxygen atoms in total. The maximum absolute atomic E-state index is 12.0. The Morgan fingerprint density at radius 2 is 2.32 bits per heavy atom. The van der Waals surface area contributed by atoms with Crippen LogP contribution in [0.3, 0.4) is 0 Å². The molecule has 0 aliphatic carbocycles. The van der Waals surface area contributed by atoms with Gasteiger partial charge in [-0.3, -0.25) is 4.79 Å². The summed E-state index contributed by atoms with van der Waals surface area (Å²) in [5.41, 5.74) is 1.45. The predicted molar refractivity (Wildman–Crippen MR) is 71.1 cm³/mol. The summed E-state index contributed by atoms with van der Waals surface area (Å²) in [5.74, 6) is 1.62. The Bertz CT molecular complexity index is 699. The lowest BCUT2D eigenvalue weighted by Crippen LogP contribution is -2.44. The van der Waals surface area contributed by atoms with Gasteiger partial charge in [0.25, 0.3) is 0 Å². The second kappa shape index (κ2) is 3.63. The molecule has 0 bridgehead atoms. The Morgan fingerprint density at radius 1 is 1.42 bits per heavy atom. The molecule has 4 rings (SSSR count). The lowest BCUT2D eigenvalue weighted by atomic mass is 10.1. The van der Waals surface area contributed by atoms with Crippen molar-refractivity contribution in [2.24, 2.45) is 0 Å². The van der Waals surface area contributed by atoms with E-state index in [1.165, 1.54) is 0 Å². The van der Waals surface area contributed by atoms with Gasteiger partial charge in [0, 0.05) is 18.1 Å². The van der Waals surface area contributed by atoms with Crippen molar-refractivity contribution < 1.29 is 4.79 Å². The van der Waals surface area contributed by atoms with Crippen molar-refractivity contribution in [1.82, 2.24) is 15.0 Å². The van der Waals surface area contributed by atoms with Gasteiger partial charge in [-0.1, -0.05) is 0 Å². The molecule has 0 radical (unpaired) electrons. The number of rotatable bonds is 0. The summed E-state index contributed by atoms with van der Waals surface area (Å²) in [4.78, 5) is 27.2. The molecule has 0 aromatic carbocycles. The molecular formula is C13H13N5O. The number of nitrogens with zero attached hydrogens (tertiary/aromatic N) is 4. The van der Waals surface area contributed by atoms with Crippen LogP contribution in [0, 0.1) is 6.92 Å². The van der Waals surface area contributed by atoms with E-state index in [4.69, 9.17) is 0 Å². The number of hydrogen-bond donors (Lipinski definition) is 1. The molecule has 19 heavy (non-hydrogen) atoms. The minimum absolute atomic E-state index is 0.0687. The zero-order valence-electron chi connectivity index (χ0n) is 10.6. The summed E-state index contributed by atoms with van der Waals surface area (Å²) in [6.07, 6.45) is 3.67. The van der Waals surface area contributed by atoms with Crippen LogP contribution >= 0.6 is 0 Å². The zero-order valence-corrected chi connectivity index (χ0v) is 10.6. The Kier molecular flexibility index (Phi) is 2.04. The van der Waals surface area contributed by atoms with Crippen LogP contribution in [0.1, 0.15) is 18.7 Å². The van der Waals surface area contributed by atoms with Gasteiger partial charge in [0.05, 0.1) is 5.69 Å². The molecule has 0 saturated carbocycles. The smallest absolute Gasteiger partial charge is 0.247 e. The van der Waals surface area contributed by atoms with Gasteiger partial charge in [-0.2, -0.15) is 0 Å². The van der Waals surface area contributed by atoms with Crippen LogP contribution in [0.5, 0.6) is 0 Å². The first-order valence-electron chi connectivity index (χ1n) is 6.44. The number of pyridine rings is 1. The van der Waals surface area contributed by atoms with Gasteiger partial charge in [0.1, 0.15) is 11.9 Å². The molecule has 6 heteroatoms. The first-order chi connectivity index (χ1) is 9.22. The van der Waals surface area contributed by atoms with E-state index in [1.807, 2.05) is 13.0 Å². The number of fused-ring (bicyclic) bond motifs is 4. The lowest BCUT2D eigenvalue weighted by molar-refractivity contribution is -0.117. The normalized spacial score (nSPS) is 21.2. The van der Waals surface area contributed by atoms with E-state index in [-0.39, 0.29) is 11.9 Å². The maximum Gasteiger partial charge on any atom is 0.247 e. The molecule has 1 atom stereocenters. The first-order valence-corrected chi connectivity index (χ1v) is 6.44. The van der Waals surface area contributed by atoms with Gasteiger partial charge in [-0.05, 0) is 25.8 Å². The molecule has 1 amide bonds. The second-order valence-electron chi connectivity index (χ2n) is 5.03. The van der Waals surface area contributed by atoms with Crippen LogP contribution < -0.4 is 10.2 Å². The van der Waals surface area contributed by atoms with Gasteiger partial charge in [-0.25, -0.2) is 15.0 Å². The highest BCUT2D eigenvalue weighted by Gasteiger charge is 2.37. The molecule has 4 heterocycles. The van der Waals surface area contributed by atoms with Crippen LogP contribution in [0.25, 0.3) is 11.0 Å². The van der Waals surface area contributed by atoms with Gasteiger partial charge in [0.2, 0.25) is 5.91 Å². The third kappa shape index (κ3) is 1.49. The molecular weight excluding hydrogens is 242 g/mol. The van der Waals surface area contributed by atoms with Crippen LogP contribution in [0.4, 0.5) is 11.5 Å². The van der Waals surface area contributed by atoms with E-state index >= 15 is 0 Å². The van der Waals surface area contributed by atoms with Gasteiger partial charge in [0.15, 0.2) is 11.5 Å². The van der Waals surface area contributed by atoms with Crippen molar-refractivity contribution in [1.29, 1.82) is 0 Å². The molecule has 2 aliphatic rings. The van der Waals surface area contributed by atoms with Crippen LogP contribution in [-0.4, -0.2) is 33.4 Å². The van der Waals surface area contributed by atoms with Crippen molar-refractivity contribution in [3.63, 3.8) is 0 Å². The van der Waals surface area contributed by atoms with E-state index in [2.05, 4.69) is 25.2 Å². The Labute approximate surface area is 109 Å². The fourth-order valence-electron chi connectivity index (χ4n) is 2.86. The Balaban J connectivity index is 1.95. The fourth-order valence-corrected chi connectivity index (χ4v) is 2.86. The van der Waals surface area contributed by atoms with E-state index in [1.54, 1.807) is 6.20 Å². The summed E-state index contributed by atoms with van der Waals surface area (Å²) in [6.45, 7) is 2.73. The Hall–Kier alpha value is -2.24. The standard InChI is InChI=1S/C13H13N5O/c1-7-14-6-8-5-9-12(17-11(8)15-7)18-4-2-3-10(18)13(19)16-9/h5-6,10H,2-4H2,1H3,(H,16,19). The van der Waals surface area contributed by atoms with E-state index in [0.29, 0.717) is 11.5 Å². The van der Waals surface area contributed by atoms with Crippen molar-refractivity contribution in [2.45, 2.75) is 25.8 Å². The highest BCUT2D eigenvalue weighted by Crippen LogP contribution is 2.36. The van der Waals surface area contributed by atoms with Crippen molar-refractivity contribution in [3.8, 4) is 0 Å². The van der Waals surface area contributed by atoms with Crippen LogP contribution in [0.2, 0.25) is 0 Å². The lowest BCUT2D eigenvalue weighted by Gasteiger charge is -2.31. The molecule has 2 aliphatic heterocycles. The molecule has 2 aromatic rings. The quantitative estimate of drug-likeness (QED) is 0.767. The van der Waals surface area contributed by atoms with Crippen molar-refractivity contribution in [2.75, 3.05) is 16.8 Å². The van der Waals surface area contributed by atoms with Crippen molar-refractivity contribution in [3.05, 3.63) is 18.1 Å². The number of amides is 1. The zero-order chi connectivity index (χ0) is 13.0. The number of hydrogen-bond acceptors (Lipinski definition) is 5. The monoisotopic (exact) mass is 255 g/mol. The van der Waals surface area contributed by atoms with Gasteiger partial charge >= 0.3 is 0 Å². The third-order valence-electron chi connectivity index (χ3n) is 3.75. The van der Waals surface area contributed by atoms with Gasteiger partial charge < -0.3 is 10.2 Å². The number of aryl methyl sites for hydroxylation is 1. The number of aromatic nitrogens is 3. The molecule has 1 unspecified atom stereocenters. The average Bonchev–Trinajstić information content (AvgIpc) is 2.87. The van der Waals surface area contributed by atoms with Gasteiger partial charge in [-0.15, -0.1) is 0 Å². The average molecular weight is 255 g/mol. The largest absolute Gasteiger partial charge is 0.343 e. The number of carbonyl (C=O) groups is 1. The maximum atomic E-state index is 12.0.